The van der Waals surface area contributed by atoms with Gasteiger partial charge >= 0.3 is 0 Å². The van der Waals surface area contributed by atoms with Crippen LogP contribution >= 0.6 is 11.8 Å². The summed E-state index contributed by atoms with van der Waals surface area (Å²) in [5, 5.41) is 0. The number of benzene rings is 8. The Kier molecular flexibility index (Phi) is 8.11. The molecule has 12 rings (SSSR count). The molecule has 296 valence electrons. The maximum atomic E-state index is 5.25. The summed E-state index contributed by atoms with van der Waals surface area (Å²) in [7, 11) is 0. The van der Waals surface area contributed by atoms with Crippen LogP contribution < -0.4 is 0 Å². The predicted molar refractivity (Wildman–Crippen MR) is 256 cm³/mol. The molecule has 1 aliphatic heterocycles. The predicted octanol–water partition coefficient (Wildman–Crippen LogP) is 14.9. The summed E-state index contributed by atoms with van der Waals surface area (Å²) in [6, 6.07) is 71.7. The lowest BCUT2D eigenvalue weighted by atomic mass is 9.53. The van der Waals surface area contributed by atoms with Crippen molar-refractivity contribution in [2.75, 3.05) is 0 Å². The minimum Gasteiger partial charge on any atom is -0.228 e. The smallest absolute Gasteiger partial charge is 0.160 e. The molecule has 0 bridgehead atoms. The molecule has 2 nitrogen and oxygen atoms in total. The van der Waals surface area contributed by atoms with E-state index in [1.54, 1.807) is 0 Å². The molecule has 2 heterocycles. The molecule has 1 aromatic heterocycles. The van der Waals surface area contributed by atoms with Crippen molar-refractivity contribution in [3.63, 3.8) is 0 Å². The molecule has 9 aromatic rings. The Morgan fingerprint density at radius 3 is 1.55 bits per heavy atom. The van der Waals surface area contributed by atoms with Crippen LogP contribution in [0.1, 0.15) is 72.2 Å². The summed E-state index contributed by atoms with van der Waals surface area (Å²) in [5.41, 5.74) is 20.1. The van der Waals surface area contributed by atoms with Gasteiger partial charge in [0.15, 0.2) is 5.82 Å². The first kappa shape index (κ1) is 37.0. The van der Waals surface area contributed by atoms with Crippen molar-refractivity contribution < 1.29 is 0 Å². The van der Waals surface area contributed by atoms with E-state index in [0.717, 1.165) is 33.9 Å². The Morgan fingerprint density at radius 1 is 0.339 bits per heavy atom. The molecule has 0 N–H and O–H groups in total. The highest BCUT2D eigenvalue weighted by molar-refractivity contribution is 7.99. The fourth-order valence-corrected chi connectivity index (χ4v) is 12.3. The van der Waals surface area contributed by atoms with Crippen LogP contribution in [0.5, 0.6) is 0 Å². The van der Waals surface area contributed by atoms with Crippen molar-refractivity contribution in [2.45, 2.75) is 53.7 Å². The van der Waals surface area contributed by atoms with Crippen molar-refractivity contribution in [2.24, 2.45) is 0 Å². The second-order valence-corrected chi connectivity index (χ2v) is 19.2. The van der Waals surface area contributed by atoms with Crippen LogP contribution in [-0.4, -0.2) is 9.97 Å². The molecule has 0 radical (unpaired) electrons. The molecule has 0 saturated heterocycles. The van der Waals surface area contributed by atoms with Crippen LogP contribution in [0.15, 0.2) is 204 Å². The molecule has 3 heteroatoms. The van der Waals surface area contributed by atoms with E-state index >= 15 is 0 Å². The number of fused-ring (bicyclic) bond motifs is 11. The first-order valence-corrected chi connectivity index (χ1v) is 22.5. The second-order valence-electron chi connectivity index (χ2n) is 18.1. The lowest BCUT2D eigenvalue weighted by Crippen LogP contribution is -2.43. The van der Waals surface area contributed by atoms with Crippen LogP contribution in [0.2, 0.25) is 0 Å². The summed E-state index contributed by atoms with van der Waals surface area (Å²) in [5.74, 6) is 0.720. The van der Waals surface area contributed by atoms with Gasteiger partial charge in [0.05, 0.1) is 16.8 Å². The molecule has 0 fully saturated rings. The van der Waals surface area contributed by atoms with Crippen LogP contribution in [0, 0.1) is 0 Å². The van der Waals surface area contributed by atoms with E-state index in [-0.39, 0.29) is 10.8 Å². The van der Waals surface area contributed by atoms with Gasteiger partial charge < -0.3 is 0 Å². The third-order valence-corrected chi connectivity index (χ3v) is 15.2. The normalized spacial score (nSPS) is 15.4. The monoisotopic (exact) mass is 812 g/mol. The van der Waals surface area contributed by atoms with Crippen molar-refractivity contribution >= 4 is 11.8 Å². The summed E-state index contributed by atoms with van der Waals surface area (Å²) >= 11 is 1.89. The van der Waals surface area contributed by atoms with E-state index in [2.05, 4.69) is 216 Å². The Labute approximate surface area is 368 Å². The van der Waals surface area contributed by atoms with Crippen molar-refractivity contribution in [1.82, 2.24) is 9.97 Å². The quantitative estimate of drug-likeness (QED) is 0.177. The van der Waals surface area contributed by atoms with Crippen molar-refractivity contribution in [1.29, 1.82) is 0 Å². The summed E-state index contributed by atoms with van der Waals surface area (Å²) in [6.07, 6.45) is 0. The largest absolute Gasteiger partial charge is 0.228 e. The summed E-state index contributed by atoms with van der Waals surface area (Å²) in [4.78, 5) is 13.1. The van der Waals surface area contributed by atoms with E-state index in [4.69, 9.17) is 9.97 Å². The van der Waals surface area contributed by atoms with Gasteiger partial charge in [0, 0.05) is 37.3 Å². The van der Waals surface area contributed by atoms with Gasteiger partial charge in [-0.25, -0.2) is 9.97 Å². The van der Waals surface area contributed by atoms with E-state index < -0.39 is 5.41 Å². The topological polar surface area (TPSA) is 25.8 Å². The number of hydrogen-bond acceptors (Lipinski definition) is 3. The van der Waals surface area contributed by atoms with E-state index in [0.29, 0.717) is 0 Å². The SMILES string of the molecule is CC1(C)c2ccccc2-c2ccc(-c3cc(-c4ccc(-c5cccc6c5C5(c7ccccc7S6)c6ccccc6C(C)(C)c6ccccc65)cc4)nc(-c4ccccc4)n3)cc21. The maximum absolute atomic E-state index is 5.25. The highest BCUT2D eigenvalue weighted by Crippen LogP contribution is 2.63. The Hall–Kier alpha value is -6.81. The van der Waals surface area contributed by atoms with Crippen molar-refractivity contribution in [3.05, 3.63) is 239 Å². The Bertz CT molecular complexity index is 3220. The highest BCUT2D eigenvalue weighted by Gasteiger charge is 2.53. The van der Waals surface area contributed by atoms with Gasteiger partial charge in [0.25, 0.3) is 0 Å². The molecule has 62 heavy (non-hydrogen) atoms. The Balaban J connectivity index is 1.02. The zero-order chi connectivity index (χ0) is 41.8. The Morgan fingerprint density at radius 2 is 0.839 bits per heavy atom. The third kappa shape index (κ3) is 5.25. The lowest BCUT2D eigenvalue weighted by molar-refractivity contribution is 0.550. The summed E-state index contributed by atoms with van der Waals surface area (Å²) < 4.78 is 0. The average Bonchev–Trinajstić information content (AvgIpc) is 3.55. The molecule has 0 amide bonds. The van der Waals surface area contributed by atoms with E-state index in [9.17, 15) is 0 Å². The van der Waals surface area contributed by atoms with E-state index in [1.807, 2.05) is 17.8 Å². The molecular formula is C59H44N2S. The summed E-state index contributed by atoms with van der Waals surface area (Å²) in [6.45, 7) is 9.44. The number of hydrogen-bond donors (Lipinski definition) is 0. The van der Waals surface area contributed by atoms with Gasteiger partial charge in [-0.3, -0.25) is 0 Å². The third-order valence-electron chi connectivity index (χ3n) is 14.1. The fraction of sp³-hybridized carbons (Fsp3) is 0.119. The standard InChI is InChI=1S/C59H44N2S/c1-57(2)44-21-9-8-19-42(44)43-34-33-40(35-50(43)57)52-36-51(60-56(61-52)39-17-6-5-7-18-39)38-31-29-37(30-32-38)41-20-16-28-54-55(41)59(49-26-14-15-27-53(49)62-54)47-24-12-10-22-45(47)58(3,4)46-23-11-13-25-48(46)59/h5-36H,1-4H3. The minimum atomic E-state index is -0.507. The van der Waals surface area contributed by atoms with Gasteiger partial charge in [-0.15, -0.1) is 0 Å². The fourth-order valence-electron chi connectivity index (χ4n) is 11.1. The lowest BCUT2D eigenvalue weighted by Gasteiger charge is -2.51. The maximum Gasteiger partial charge on any atom is 0.160 e. The van der Waals surface area contributed by atoms with Crippen molar-refractivity contribution in [3.8, 4) is 56.2 Å². The minimum absolute atomic E-state index is 0.107. The molecule has 3 aliphatic rings. The van der Waals surface area contributed by atoms with Crippen LogP contribution in [0.25, 0.3) is 56.2 Å². The van der Waals surface area contributed by atoms with Crippen LogP contribution in [0.3, 0.4) is 0 Å². The van der Waals surface area contributed by atoms with Gasteiger partial charge in [-0.2, -0.15) is 0 Å². The first-order valence-electron chi connectivity index (χ1n) is 21.7. The molecule has 0 unspecified atom stereocenters. The van der Waals surface area contributed by atoms with Gasteiger partial charge in [0.2, 0.25) is 0 Å². The molecular weight excluding hydrogens is 769 g/mol. The van der Waals surface area contributed by atoms with Crippen LogP contribution in [-0.2, 0) is 16.2 Å². The van der Waals surface area contributed by atoms with Gasteiger partial charge in [-0.05, 0) is 91.0 Å². The molecule has 0 saturated carbocycles. The number of aromatic nitrogens is 2. The average molecular weight is 813 g/mol. The molecule has 0 atom stereocenters. The molecule has 1 spiro atoms. The van der Waals surface area contributed by atoms with Crippen LogP contribution in [0.4, 0.5) is 0 Å². The number of rotatable bonds is 4. The molecule has 2 aliphatic carbocycles. The first-order chi connectivity index (χ1) is 30.2. The molecule has 8 aromatic carbocycles. The highest BCUT2D eigenvalue weighted by atomic mass is 32.2. The second kappa shape index (κ2) is 13.6. The van der Waals surface area contributed by atoms with Gasteiger partial charge in [0.1, 0.15) is 0 Å². The zero-order valence-corrected chi connectivity index (χ0v) is 36.1. The number of nitrogens with zero attached hydrogens (tertiary/aromatic N) is 2. The van der Waals surface area contributed by atoms with Gasteiger partial charge in [-0.1, -0.05) is 209 Å². The van der Waals surface area contributed by atoms with E-state index in [1.165, 1.54) is 76.6 Å². The zero-order valence-electron chi connectivity index (χ0n) is 35.3.